The van der Waals surface area contributed by atoms with Crippen molar-refractivity contribution in [3.8, 4) is 0 Å². The molecular weight excluding hydrogens is 367 g/mol. The summed E-state index contributed by atoms with van der Waals surface area (Å²) >= 11 is 6.08. The molecule has 136 valence electrons. The van der Waals surface area contributed by atoms with Gasteiger partial charge in [0.1, 0.15) is 5.82 Å². The molecule has 1 fully saturated rings. The minimum Gasteiger partial charge on any atom is -0.349 e. The fourth-order valence-corrected chi connectivity index (χ4v) is 3.62. The van der Waals surface area contributed by atoms with Crippen LogP contribution in [-0.2, 0) is 13.2 Å². The third-order valence-electron chi connectivity index (χ3n) is 4.69. The van der Waals surface area contributed by atoms with Crippen molar-refractivity contribution in [1.82, 2.24) is 19.7 Å². The van der Waals surface area contributed by atoms with E-state index in [0.717, 1.165) is 42.5 Å². The van der Waals surface area contributed by atoms with Crippen LogP contribution in [0.1, 0.15) is 30.0 Å². The Balaban J connectivity index is 1.74. The van der Waals surface area contributed by atoms with Gasteiger partial charge in [0.05, 0.1) is 23.2 Å². The predicted octanol–water partition coefficient (Wildman–Crippen LogP) is 4.38. The SMILES string of the molecule is Cn1ncc2c(N3CCCC3c3ccc(C(F)(F)F)cc3)nc(Cl)nc21. The number of hydrogen-bond donors (Lipinski definition) is 0. The summed E-state index contributed by atoms with van der Waals surface area (Å²) in [6, 6.07) is 5.26. The Labute approximate surface area is 152 Å². The predicted molar refractivity (Wildman–Crippen MR) is 92.1 cm³/mol. The molecule has 0 amide bonds. The summed E-state index contributed by atoms with van der Waals surface area (Å²) in [5.41, 5.74) is 0.797. The second kappa shape index (κ2) is 6.12. The fraction of sp³-hybridized carbons (Fsp3) is 0.353. The fourth-order valence-electron chi connectivity index (χ4n) is 3.46. The van der Waals surface area contributed by atoms with Gasteiger partial charge in [-0.2, -0.15) is 28.2 Å². The Morgan fingerprint density at radius 3 is 2.58 bits per heavy atom. The maximum absolute atomic E-state index is 12.8. The lowest BCUT2D eigenvalue weighted by Gasteiger charge is -2.27. The molecule has 1 saturated heterocycles. The Hall–Kier alpha value is -2.35. The van der Waals surface area contributed by atoms with E-state index in [1.165, 1.54) is 12.1 Å². The number of fused-ring (bicyclic) bond motifs is 1. The van der Waals surface area contributed by atoms with Crippen LogP contribution < -0.4 is 4.90 Å². The van der Waals surface area contributed by atoms with Gasteiger partial charge in [-0.3, -0.25) is 4.68 Å². The molecule has 1 atom stereocenters. The van der Waals surface area contributed by atoms with E-state index in [1.54, 1.807) is 17.9 Å². The number of alkyl halides is 3. The van der Waals surface area contributed by atoms with E-state index in [-0.39, 0.29) is 11.3 Å². The molecule has 0 bridgehead atoms. The molecule has 26 heavy (non-hydrogen) atoms. The molecule has 3 aromatic rings. The highest BCUT2D eigenvalue weighted by atomic mass is 35.5. The maximum Gasteiger partial charge on any atom is 0.416 e. The maximum atomic E-state index is 12.8. The zero-order chi connectivity index (χ0) is 18.5. The first-order valence-corrected chi connectivity index (χ1v) is 8.51. The first-order chi connectivity index (χ1) is 12.3. The molecule has 3 heterocycles. The van der Waals surface area contributed by atoms with Crippen LogP contribution in [0.2, 0.25) is 5.28 Å². The molecule has 4 rings (SSSR count). The lowest BCUT2D eigenvalue weighted by atomic mass is 10.0. The van der Waals surface area contributed by atoms with Gasteiger partial charge in [0.2, 0.25) is 5.28 Å². The lowest BCUT2D eigenvalue weighted by Crippen LogP contribution is -2.24. The second-order valence-corrected chi connectivity index (χ2v) is 6.63. The zero-order valence-electron chi connectivity index (χ0n) is 13.8. The topological polar surface area (TPSA) is 46.8 Å². The number of nitrogens with zero attached hydrogens (tertiary/aromatic N) is 5. The molecule has 1 aromatic carbocycles. The second-order valence-electron chi connectivity index (χ2n) is 6.29. The molecule has 9 heteroatoms. The summed E-state index contributed by atoms with van der Waals surface area (Å²) in [6.45, 7) is 0.739. The minimum atomic E-state index is -4.34. The highest BCUT2D eigenvalue weighted by Crippen LogP contribution is 2.39. The molecular formula is C17H15ClF3N5. The standard InChI is InChI=1S/C17H15ClF3N5/c1-25-14-12(9-22-25)15(24-16(18)23-14)26-8-2-3-13(26)10-4-6-11(7-5-10)17(19,20)21/h4-7,9,13H,2-3,8H2,1H3. The van der Waals surface area contributed by atoms with Crippen molar-refractivity contribution in [3.63, 3.8) is 0 Å². The summed E-state index contributed by atoms with van der Waals surface area (Å²) in [6.07, 6.45) is -0.914. The molecule has 0 saturated carbocycles. The van der Waals surface area contributed by atoms with Crippen LogP contribution in [0.5, 0.6) is 0 Å². The van der Waals surface area contributed by atoms with Gasteiger partial charge in [-0.25, -0.2) is 0 Å². The van der Waals surface area contributed by atoms with Crippen molar-refractivity contribution in [1.29, 1.82) is 0 Å². The first kappa shape index (κ1) is 17.1. The van der Waals surface area contributed by atoms with Crippen molar-refractivity contribution < 1.29 is 13.2 Å². The lowest BCUT2D eigenvalue weighted by molar-refractivity contribution is -0.137. The largest absolute Gasteiger partial charge is 0.416 e. The number of aromatic nitrogens is 4. The van der Waals surface area contributed by atoms with Crippen LogP contribution in [0.4, 0.5) is 19.0 Å². The van der Waals surface area contributed by atoms with Gasteiger partial charge in [-0.15, -0.1) is 0 Å². The van der Waals surface area contributed by atoms with E-state index in [9.17, 15) is 13.2 Å². The molecule has 0 radical (unpaired) electrons. The zero-order valence-corrected chi connectivity index (χ0v) is 14.6. The molecule has 1 aliphatic rings. The summed E-state index contributed by atoms with van der Waals surface area (Å²) in [7, 11) is 1.77. The van der Waals surface area contributed by atoms with Crippen molar-refractivity contribution in [2.24, 2.45) is 7.05 Å². The quantitative estimate of drug-likeness (QED) is 0.618. The van der Waals surface area contributed by atoms with Gasteiger partial charge in [0.15, 0.2) is 5.65 Å². The number of benzene rings is 1. The van der Waals surface area contributed by atoms with E-state index in [4.69, 9.17) is 11.6 Å². The molecule has 1 aliphatic heterocycles. The smallest absolute Gasteiger partial charge is 0.349 e. The number of halogens is 4. The first-order valence-electron chi connectivity index (χ1n) is 8.13. The van der Waals surface area contributed by atoms with E-state index < -0.39 is 11.7 Å². The summed E-state index contributed by atoms with van der Waals surface area (Å²) in [4.78, 5) is 10.7. The molecule has 0 spiro atoms. The minimum absolute atomic E-state index is 0.0633. The summed E-state index contributed by atoms with van der Waals surface area (Å²) < 4.78 is 40.0. The van der Waals surface area contributed by atoms with Gasteiger partial charge in [0.25, 0.3) is 0 Å². The Morgan fingerprint density at radius 1 is 1.15 bits per heavy atom. The Bertz CT molecular complexity index is 951. The molecule has 0 aliphatic carbocycles. The highest BCUT2D eigenvalue weighted by molar-refractivity contribution is 6.28. The van der Waals surface area contributed by atoms with Crippen molar-refractivity contribution in [2.75, 3.05) is 11.4 Å². The van der Waals surface area contributed by atoms with Crippen LogP contribution in [0, 0.1) is 0 Å². The Morgan fingerprint density at radius 2 is 1.88 bits per heavy atom. The van der Waals surface area contributed by atoms with Gasteiger partial charge >= 0.3 is 6.18 Å². The van der Waals surface area contributed by atoms with E-state index >= 15 is 0 Å². The molecule has 1 unspecified atom stereocenters. The van der Waals surface area contributed by atoms with Crippen LogP contribution in [-0.4, -0.2) is 26.3 Å². The van der Waals surface area contributed by atoms with Gasteiger partial charge in [-0.05, 0) is 42.1 Å². The van der Waals surface area contributed by atoms with Crippen LogP contribution in [0.15, 0.2) is 30.5 Å². The molecule has 5 nitrogen and oxygen atoms in total. The average Bonchev–Trinajstić information content (AvgIpc) is 3.21. The van der Waals surface area contributed by atoms with Crippen molar-refractivity contribution in [2.45, 2.75) is 25.1 Å². The number of hydrogen-bond acceptors (Lipinski definition) is 4. The number of aryl methyl sites for hydroxylation is 1. The highest BCUT2D eigenvalue weighted by Gasteiger charge is 2.32. The van der Waals surface area contributed by atoms with Crippen LogP contribution in [0.3, 0.4) is 0 Å². The van der Waals surface area contributed by atoms with Crippen LogP contribution in [0.25, 0.3) is 11.0 Å². The third kappa shape index (κ3) is 2.88. The van der Waals surface area contributed by atoms with Gasteiger partial charge < -0.3 is 4.90 Å². The monoisotopic (exact) mass is 381 g/mol. The van der Waals surface area contributed by atoms with Crippen LogP contribution >= 0.6 is 11.6 Å². The number of anilines is 1. The van der Waals surface area contributed by atoms with Crippen molar-refractivity contribution in [3.05, 3.63) is 46.9 Å². The summed E-state index contributed by atoms with van der Waals surface area (Å²) in [5, 5.41) is 5.10. The van der Waals surface area contributed by atoms with E-state index in [1.807, 2.05) is 0 Å². The summed E-state index contributed by atoms with van der Waals surface area (Å²) in [5.74, 6) is 0.662. The molecule has 0 N–H and O–H groups in total. The van der Waals surface area contributed by atoms with Gasteiger partial charge in [-0.1, -0.05) is 12.1 Å². The van der Waals surface area contributed by atoms with E-state index in [0.29, 0.717) is 11.5 Å². The van der Waals surface area contributed by atoms with Crippen molar-refractivity contribution >= 4 is 28.5 Å². The normalized spacial score (nSPS) is 18.0. The number of rotatable bonds is 2. The molecule has 2 aromatic heterocycles. The van der Waals surface area contributed by atoms with Gasteiger partial charge in [0, 0.05) is 13.6 Å². The Kier molecular flexibility index (Phi) is 4.02. The van der Waals surface area contributed by atoms with E-state index in [2.05, 4.69) is 20.0 Å². The average molecular weight is 382 g/mol. The third-order valence-corrected chi connectivity index (χ3v) is 4.86.